The molecular formula is C32H37F3N6O3. The minimum absolute atomic E-state index is 0.0590. The van der Waals surface area contributed by atoms with E-state index in [1.807, 2.05) is 0 Å². The van der Waals surface area contributed by atoms with E-state index in [0.29, 0.717) is 60.1 Å². The lowest BCUT2D eigenvalue weighted by molar-refractivity contribution is -0.0360. The number of pyridine rings is 1. The predicted molar refractivity (Wildman–Crippen MR) is 158 cm³/mol. The fourth-order valence-corrected chi connectivity index (χ4v) is 5.52. The van der Waals surface area contributed by atoms with Crippen LogP contribution in [0.4, 0.5) is 23.8 Å². The number of fused-ring (bicyclic) bond motifs is 1. The number of likely N-dealkylation sites (tertiary alicyclic amines) is 1. The number of nitriles is 1. The molecule has 3 aromatic rings. The Morgan fingerprint density at radius 3 is 2.55 bits per heavy atom. The highest BCUT2D eigenvalue weighted by molar-refractivity contribution is 5.88. The molecule has 1 aromatic carbocycles. The molecule has 0 unspecified atom stereocenters. The molecule has 1 saturated carbocycles. The van der Waals surface area contributed by atoms with Gasteiger partial charge in [0.2, 0.25) is 5.88 Å². The van der Waals surface area contributed by atoms with Gasteiger partial charge in [-0.15, -0.1) is 0 Å². The van der Waals surface area contributed by atoms with Crippen molar-refractivity contribution in [3.63, 3.8) is 0 Å². The molecule has 0 spiro atoms. The SMILES string of the molecule is COc1nc2nc(C)nc(N[C@H](C)c3cccc(C(F)(F)CCC4CN(C(=O)OC(C)(C)C)C4)c3F)c2cc1C1(C#N)CC1. The average Bonchev–Trinajstić information content (AvgIpc) is 3.71. The van der Waals surface area contributed by atoms with Crippen molar-refractivity contribution in [2.24, 2.45) is 5.92 Å². The van der Waals surface area contributed by atoms with Crippen molar-refractivity contribution < 1.29 is 27.4 Å². The topological polar surface area (TPSA) is 113 Å². The van der Waals surface area contributed by atoms with Gasteiger partial charge in [0.15, 0.2) is 5.65 Å². The second-order valence-electron chi connectivity index (χ2n) is 12.8. The number of aryl methyl sites for hydroxylation is 1. The van der Waals surface area contributed by atoms with Gasteiger partial charge in [-0.1, -0.05) is 18.2 Å². The van der Waals surface area contributed by atoms with Gasteiger partial charge in [0.05, 0.1) is 35.6 Å². The first-order chi connectivity index (χ1) is 20.7. The average molecular weight is 611 g/mol. The lowest BCUT2D eigenvalue weighted by Gasteiger charge is -2.40. The van der Waals surface area contributed by atoms with Crippen LogP contribution in [-0.2, 0) is 16.1 Å². The number of halogens is 3. The molecule has 1 saturated heterocycles. The van der Waals surface area contributed by atoms with Crippen LogP contribution in [0.25, 0.3) is 11.0 Å². The normalized spacial score (nSPS) is 17.0. The molecule has 1 amide bonds. The summed E-state index contributed by atoms with van der Waals surface area (Å²) in [7, 11) is 1.48. The number of aromatic nitrogens is 3. The van der Waals surface area contributed by atoms with E-state index in [0.717, 1.165) is 6.07 Å². The number of anilines is 1. The van der Waals surface area contributed by atoms with Crippen LogP contribution in [0.1, 0.15) is 81.9 Å². The van der Waals surface area contributed by atoms with Crippen LogP contribution in [-0.4, -0.2) is 51.7 Å². The van der Waals surface area contributed by atoms with Crippen molar-refractivity contribution in [1.29, 1.82) is 5.26 Å². The van der Waals surface area contributed by atoms with Gasteiger partial charge in [0, 0.05) is 30.6 Å². The minimum atomic E-state index is -3.41. The van der Waals surface area contributed by atoms with Crippen molar-refractivity contribution in [2.45, 2.75) is 83.3 Å². The van der Waals surface area contributed by atoms with Crippen molar-refractivity contribution in [3.8, 4) is 11.9 Å². The van der Waals surface area contributed by atoms with Gasteiger partial charge in [-0.3, -0.25) is 0 Å². The minimum Gasteiger partial charge on any atom is -0.481 e. The van der Waals surface area contributed by atoms with Crippen LogP contribution in [0.15, 0.2) is 24.3 Å². The molecule has 5 rings (SSSR count). The summed E-state index contributed by atoms with van der Waals surface area (Å²) in [5, 5.41) is 13.5. The highest BCUT2D eigenvalue weighted by Crippen LogP contribution is 2.51. The number of amides is 1. The zero-order chi connectivity index (χ0) is 32.0. The fourth-order valence-electron chi connectivity index (χ4n) is 5.52. The van der Waals surface area contributed by atoms with Crippen LogP contribution < -0.4 is 10.1 Å². The highest BCUT2D eigenvalue weighted by atomic mass is 19.3. The maximum Gasteiger partial charge on any atom is 0.410 e. The molecule has 9 nitrogen and oxygen atoms in total. The Kier molecular flexibility index (Phi) is 8.12. The number of nitrogens with one attached hydrogen (secondary N) is 1. The van der Waals surface area contributed by atoms with Gasteiger partial charge in [0.1, 0.15) is 23.1 Å². The first-order valence-electron chi connectivity index (χ1n) is 14.7. The number of alkyl halides is 2. The fraction of sp³-hybridized carbons (Fsp3) is 0.531. The van der Waals surface area contributed by atoms with E-state index in [1.165, 1.54) is 24.1 Å². The molecule has 12 heteroatoms. The summed E-state index contributed by atoms with van der Waals surface area (Å²) in [5.74, 6) is -3.44. The summed E-state index contributed by atoms with van der Waals surface area (Å²) in [6.45, 7) is 9.32. The third-order valence-electron chi connectivity index (χ3n) is 8.15. The molecule has 0 radical (unpaired) electrons. The summed E-state index contributed by atoms with van der Waals surface area (Å²) in [4.78, 5) is 27.1. The molecule has 1 N–H and O–H groups in total. The second-order valence-corrected chi connectivity index (χ2v) is 12.8. The predicted octanol–water partition coefficient (Wildman–Crippen LogP) is 6.95. The van der Waals surface area contributed by atoms with E-state index in [2.05, 4.69) is 26.3 Å². The zero-order valence-corrected chi connectivity index (χ0v) is 25.8. The lowest BCUT2D eigenvalue weighted by atomic mass is 9.90. The molecule has 3 heterocycles. The number of hydrogen-bond donors (Lipinski definition) is 1. The Morgan fingerprint density at radius 2 is 1.93 bits per heavy atom. The largest absolute Gasteiger partial charge is 0.481 e. The zero-order valence-electron chi connectivity index (χ0n) is 25.8. The van der Waals surface area contributed by atoms with Crippen LogP contribution >= 0.6 is 0 Å². The van der Waals surface area contributed by atoms with E-state index in [9.17, 15) is 10.1 Å². The Morgan fingerprint density at radius 1 is 1.23 bits per heavy atom. The maximum absolute atomic E-state index is 15.7. The van der Waals surface area contributed by atoms with Gasteiger partial charge in [-0.2, -0.15) is 10.2 Å². The molecule has 1 aliphatic carbocycles. The standard InChI is InChI=1S/C32H37F3N6O3/c1-18(37-26-22-14-24(31(17-36)12-13-31)28(43-6)40-27(22)39-19(2)38-26)21-8-7-9-23(25(21)33)32(34,35)11-10-20-15-41(16-20)29(42)44-30(3,4)5/h7-9,14,18,20H,10-13,15-16H2,1-6H3,(H,37,38,39,40)/t18-/m1/s1. The molecule has 0 bridgehead atoms. The highest BCUT2D eigenvalue weighted by Gasteiger charge is 2.48. The van der Waals surface area contributed by atoms with Crippen molar-refractivity contribution in [3.05, 3.63) is 52.6 Å². The van der Waals surface area contributed by atoms with Gasteiger partial charge in [-0.25, -0.2) is 27.9 Å². The molecular weight excluding hydrogens is 573 g/mol. The Balaban J connectivity index is 1.32. The Bertz CT molecular complexity index is 1620. The van der Waals surface area contributed by atoms with Gasteiger partial charge in [0.25, 0.3) is 5.92 Å². The molecule has 1 aliphatic heterocycles. The van der Waals surface area contributed by atoms with E-state index >= 15 is 13.2 Å². The summed E-state index contributed by atoms with van der Waals surface area (Å²) >= 11 is 0. The number of benzene rings is 1. The van der Waals surface area contributed by atoms with Crippen LogP contribution in [0, 0.1) is 30.0 Å². The number of rotatable bonds is 9. The van der Waals surface area contributed by atoms with E-state index in [1.54, 1.807) is 40.7 Å². The second kappa shape index (κ2) is 11.4. The molecule has 234 valence electrons. The Hall–Kier alpha value is -4.14. The maximum atomic E-state index is 15.7. The van der Waals surface area contributed by atoms with Gasteiger partial charge >= 0.3 is 6.09 Å². The summed E-state index contributed by atoms with van der Waals surface area (Å²) in [5.41, 5.74) is -0.972. The summed E-state index contributed by atoms with van der Waals surface area (Å²) in [6, 6.07) is 7.38. The molecule has 2 aromatic heterocycles. The number of carbonyl (C=O) groups excluding carboxylic acids is 1. The summed E-state index contributed by atoms with van der Waals surface area (Å²) < 4.78 is 57.3. The third-order valence-corrected chi connectivity index (χ3v) is 8.15. The van der Waals surface area contributed by atoms with E-state index < -0.39 is 46.9 Å². The van der Waals surface area contributed by atoms with Gasteiger partial charge in [-0.05, 0) is 65.9 Å². The lowest BCUT2D eigenvalue weighted by Crippen LogP contribution is -2.51. The van der Waals surface area contributed by atoms with Crippen LogP contribution in [0.5, 0.6) is 5.88 Å². The number of ether oxygens (including phenoxy) is 2. The van der Waals surface area contributed by atoms with E-state index in [4.69, 9.17) is 9.47 Å². The smallest absolute Gasteiger partial charge is 0.410 e. The third kappa shape index (κ3) is 6.23. The number of carbonyl (C=O) groups is 1. The van der Waals surface area contributed by atoms with Crippen LogP contribution in [0.3, 0.4) is 0 Å². The quantitative estimate of drug-likeness (QED) is 0.277. The van der Waals surface area contributed by atoms with Gasteiger partial charge < -0.3 is 19.7 Å². The Labute approximate surface area is 254 Å². The monoisotopic (exact) mass is 610 g/mol. The summed E-state index contributed by atoms with van der Waals surface area (Å²) in [6.07, 6.45) is 0.478. The number of methoxy groups -OCH3 is 1. The molecule has 1 atom stereocenters. The number of nitrogens with zero attached hydrogens (tertiary/aromatic N) is 5. The number of hydrogen-bond acceptors (Lipinski definition) is 8. The molecule has 2 fully saturated rings. The van der Waals surface area contributed by atoms with Crippen LogP contribution in [0.2, 0.25) is 0 Å². The van der Waals surface area contributed by atoms with Crippen molar-refractivity contribution in [1.82, 2.24) is 19.9 Å². The first-order valence-corrected chi connectivity index (χ1v) is 14.7. The molecule has 44 heavy (non-hydrogen) atoms. The van der Waals surface area contributed by atoms with Crippen molar-refractivity contribution >= 4 is 22.9 Å². The molecule has 2 aliphatic rings. The van der Waals surface area contributed by atoms with E-state index in [-0.39, 0.29) is 17.9 Å². The van der Waals surface area contributed by atoms with Crippen molar-refractivity contribution in [2.75, 3.05) is 25.5 Å². The first kappa shape index (κ1) is 31.3.